The van der Waals surface area contributed by atoms with E-state index in [4.69, 9.17) is 4.98 Å². The molecule has 1 amide bonds. The number of anilines is 1. The van der Waals surface area contributed by atoms with Crippen molar-refractivity contribution in [1.29, 1.82) is 0 Å². The largest absolute Gasteiger partial charge is 0.302 e. The first kappa shape index (κ1) is 13.7. The molecule has 0 spiro atoms. The lowest BCUT2D eigenvalue weighted by molar-refractivity contribution is -0.116. The summed E-state index contributed by atoms with van der Waals surface area (Å²) in [5.41, 5.74) is 1.62. The van der Waals surface area contributed by atoms with Crippen LogP contribution in [0.2, 0.25) is 0 Å². The van der Waals surface area contributed by atoms with Crippen LogP contribution in [0.3, 0.4) is 0 Å². The van der Waals surface area contributed by atoms with E-state index in [1.165, 1.54) is 44.2 Å². The summed E-state index contributed by atoms with van der Waals surface area (Å²) in [5.74, 6) is 2.92. The minimum absolute atomic E-state index is 0.101. The number of amides is 1. The predicted octanol–water partition coefficient (Wildman–Crippen LogP) is 4.35. The van der Waals surface area contributed by atoms with Crippen molar-refractivity contribution in [3.8, 4) is 0 Å². The highest BCUT2D eigenvalue weighted by Crippen LogP contribution is 2.60. The molecule has 114 valence electrons. The number of nitrogens with zero attached hydrogens (tertiary/aromatic N) is 1. The van der Waals surface area contributed by atoms with Crippen LogP contribution in [0, 0.1) is 17.8 Å². The Hall–Kier alpha value is -0.900. The molecule has 1 heterocycles. The quantitative estimate of drug-likeness (QED) is 0.898. The maximum Gasteiger partial charge on any atom is 0.226 e. The zero-order chi connectivity index (χ0) is 14.4. The summed E-state index contributed by atoms with van der Waals surface area (Å²) >= 11 is 1.61. The number of hydrogen-bond donors (Lipinski definition) is 1. The summed E-state index contributed by atoms with van der Waals surface area (Å²) in [6, 6.07) is 0. The van der Waals surface area contributed by atoms with E-state index < -0.39 is 0 Å². The average molecular weight is 304 g/mol. The summed E-state index contributed by atoms with van der Waals surface area (Å²) in [4.78, 5) is 16.5. The maximum absolute atomic E-state index is 11.7. The Morgan fingerprint density at radius 3 is 2.48 bits per heavy atom. The van der Waals surface area contributed by atoms with Crippen LogP contribution in [0.5, 0.6) is 0 Å². The Balaban J connectivity index is 1.54. The van der Waals surface area contributed by atoms with Crippen LogP contribution in [0.25, 0.3) is 0 Å². The van der Waals surface area contributed by atoms with E-state index in [0.29, 0.717) is 11.8 Å². The highest BCUT2D eigenvalue weighted by molar-refractivity contribution is 7.13. The number of thiazole rings is 1. The fourth-order valence-electron chi connectivity index (χ4n) is 5.41. The topological polar surface area (TPSA) is 42.0 Å². The summed E-state index contributed by atoms with van der Waals surface area (Å²) in [6.07, 6.45) is 9.88. The fraction of sp³-hybridized carbons (Fsp3) is 0.765. The van der Waals surface area contributed by atoms with Gasteiger partial charge in [-0.1, -0.05) is 6.92 Å². The van der Waals surface area contributed by atoms with Gasteiger partial charge in [-0.15, -0.1) is 11.3 Å². The SMILES string of the molecule is CCCC(=O)Nc1nc(C23CC4CC(CC(C4)C2)C3)cs1. The molecule has 4 saturated carbocycles. The van der Waals surface area contributed by atoms with Gasteiger partial charge in [0.05, 0.1) is 5.69 Å². The van der Waals surface area contributed by atoms with Crippen molar-refractivity contribution < 1.29 is 4.79 Å². The van der Waals surface area contributed by atoms with Crippen LogP contribution in [0.1, 0.15) is 64.0 Å². The Morgan fingerprint density at radius 1 is 1.29 bits per heavy atom. The third-order valence-corrected chi connectivity index (χ3v) is 6.57. The van der Waals surface area contributed by atoms with E-state index in [-0.39, 0.29) is 5.91 Å². The third kappa shape index (κ3) is 2.41. The van der Waals surface area contributed by atoms with Crippen LogP contribution in [-0.2, 0) is 10.2 Å². The molecular formula is C17H24N2OS. The van der Waals surface area contributed by atoms with E-state index in [2.05, 4.69) is 10.7 Å². The molecule has 1 aromatic rings. The Kier molecular flexibility index (Phi) is 3.32. The maximum atomic E-state index is 11.7. The summed E-state index contributed by atoms with van der Waals surface area (Å²) < 4.78 is 0. The second-order valence-corrected chi connectivity index (χ2v) is 8.39. The molecule has 0 aliphatic heterocycles. The highest BCUT2D eigenvalue weighted by atomic mass is 32.1. The zero-order valence-corrected chi connectivity index (χ0v) is 13.5. The smallest absolute Gasteiger partial charge is 0.226 e. The molecule has 5 rings (SSSR count). The number of hydrogen-bond acceptors (Lipinski definition) is 3. The normalized spacial score (nSPS) is 36.9. The highest BCUT2D eigenvalue weighted by Gasteiger charge is 2.52. The molecule has 1 aromatic heterocycles. The Bertz CT molecular complexity index is 515. The molecule has 4 aliphatic rings. The second-order valence-electron chi connectivity index (χ2n) is 7.53. The first-order valence-electron chi connectivity index (χ1n) is 8.43. The van der Waals surface area contributed by atoms with Crippen LogP contribution in [0.4, 0.5) is 5.13 Å². The van der Waals surface area contributed by atoms with Crippen molar-refractivity contribution >= 4 is 22.4 Å². The van der Waals surface area contributed by atoms with Gasteiger partial charge in [0.1, 0.15) is 0 Å². The molecule has 0 unspecified atom stereocenters. The molecule has 21 heavy (non-hydrogen) atoms. The lowest BCUT2D eigenvalue weighted by atomic mass is 9.49. The zero-order valence-electron chi connectivity index (χ0n) is 12.7. The molecule has 4 fully saturated rings. The molecule has 4 bridgehead atoms. The number of carbonyl (C=O) groups excluding carboxylic acids is 1. The van der Waals surface area contributed by atoms with Crippen molar-refractivity contribution in [3.05, 3.63) is 11.1 Å². The van der Waals surface area contributed by atoms with Crippen molar-refractivity contribution in [3.63, 3.8) is 0 Å². The standard InChI is InChI=1S/C17H24N2OS/c1-2-3-15(20)19-16-18-14(10-21-16)17-7-11-4-12(8-17)6-13(5-11)9-17/h10-13H,2-9H2,1H3,(H,18,19,20). The summed E-state index contributed by atoms with van der Waals surface area (Å²) in [7, 11) is 0. The van der Waals surface area contributed by atoms with Gasteiger partial charge in [0.25, 0.3) is 0 Å². The Labute approximate surface area is 130 Å². The van der Waals surface area contributed by atoms with Gasteiger partial charge in [-0.3, -0.25) is 4.79 Å². The van der Waals surface area contributed by atoms with Crippen LogP contribution in [0.15, 0.2) is 5.38 Å². The minimum Gasteiger partial charge on any atom is -0.302 e. The van der Waals surface area contributed by atoms with Crippen LogP contribution >= 0.6 is 11.3 Å². The van der Waals surface area contributed by atoms with E-state index in [0.717, 1.165) is 29.3 Å². The van der Waals surface area contributed by atoms with Crippen molar-refractivity contribution in [2.45, 2.75) is 63.7 Å². The monoisotopic (exact) mass is 304 g/mol. The lowest BCUT2D eigenvalue weighted by Crippen LogP contribution is -2.48. The third-order valence-electron chi connectivity index (χ3n) is 5.81. The molecular weight excluding hydrogens is 280 g/mol. The summed E-state index contributed by atoms with van der Waals surface area (Å²) in [5, 5.41) is 5.99. The molecule has 3 nitrogen and oxygen atoms in total. The number of carbonyl (C=O) groups is 1. The van der Waals surface area contributed by atoms with E-state index >= 15 is 0 Å². The number of rotatable bonds is 4. The molecule has 0 radical (unpaired) electrons. The fourth-order valence-corrected chi connectivity index (χ4v) is 6.26. The number of aromatic nitrogens is 1. The predicted molar refractivity (Wildman–Crippen MR) is 85.5 cm³/mol. The first-order valence-corrected chi connectivity index (χ1v) is 9.31. The number of nitrogens with one attached hydrogen (secondary N) is 1. The molecule has 4 heteroatoms. The van der Waals surface area contributed by atoms with Crippen LogP contribution in [-0.4, -0.2) is 10.9 Å². The summed E-state index contributed by atoms with van der Waals surface area (Å²) in [6.45, 7) is 2.03. The van der Waals surface area contributed by atoms with Gasteiger partial charge in [-0.2, -0.15) is 0 Å². The van der Waals surface area contributed by atoms with Crippen LogP contribution < -0.4 is 5.32 Å². The minimum atomic E-state index is 0.101. The molecule has 0 aromatic carbocycles. The van der Waals surface area contributed by atoms with Crippen molar-refractivity contribution in [1.82, 2.24) is 4.98 Å². The van der Waals surface area contributed by atoms with Gasteiger partial charge >= 0.3 is 0 Å². The van der Waals surface area contributed by atoms with Gasteiger partial charge in [-0.05, 0) is 62.7 Å². The molecule has 0 atom stereocenters. The molecule has 4 aliphatic carbocycles. The van der Waals surface area contributed by atoms with Gasteiger partial charge in [0, 0.05) is 17.2 Å². The van der Waals surface area contributed by atoms with Crippen molar-refractivity contribution in [2.24, 2.45) is 17.8 Å². The van der Waals surface area contributed by atoms with Crippen molar-refractivity contribution in [2.75, 3.05) is 5.32 Å². The molecule has 1 N–H and O–H groups in total. The van der Waals surface area contributed by atoms with Gasteiger partial charge in [0.2, 0.25) is 5.91 Å². The average Bonchev–Trinajstić information content (AvgIpc) is 2.86. The van der Waals surface area contributed by atoms with Gasteiger partial charge in [0.15, 0.2) is 5.13 Å². The lowest BCUT2D eigenvalue weighted by Gasteiger charge is -2.56. The van der Waals surface area contributed by atoms with E-state index in [1.807, 2.05) is 6.92 Å². The van der Waals surface area contributed by atoms with Gasteiger partial charge in [-0.25, -0.2) is 4.98 Å². The Morgan fingerprint density at radius 2 is 1.90 bits per heavy atom. The first-order chi connectivity index (χ1) is 10.2. The van der Waals surface area contributed by atoms with Gasteiger partial charge < -0.3 is 5.32 Å². The second kappa shape index (κ2) is 5.08. The van der Waals surface area contributed by atoms with E-state index in [9.17, 15) is 4.79 Å². The van der Waals surface area contributed by atoms with E-state index in [1.54, 1.807) is 11.3 Å². The molecule has 0 saturated heterocycles.